The van der Waals surface area contributed by atoms with Crippen molar-refractivity contribution in [2.75, 3.05) is 26.7 Å². The number of amides is 1. The first-order valence-corrected chi connectivity index (χ1v) is 10.2. The summed E-state index contributed by atoms with van der Waals surface area (Å²) in [6.45, 7) is 3.32. The summed E-state index contributed by atoms with van der Waals surface area (Å²) >= 11 is 0. The molecule has 1 fully saturated rings. The highest BCUT2D eigenvalue weighted by Gasteiger charge is 2.30. The fraction of sp³-hybridized carbons (Fsp3) is 0.476. The summed E-state index contributed by atoms with van der Waals surface area (Å²) in [6.07, 6.45) is 5.51. The number of hydrogen-bond donors (Lipinski definition) is 1. The molecule has 4 heterocycles. The van der Waals surface area contributed by atoms with Crippen LogP contribution < -0.4 is 0 Å². The average Bonchev–Trinajstić information content (AvgIpc) is 3.37. The second-order valence-electron chi connectivity index (χ2n) is 7.93. The van der Waals surface area contributed by atoms with Crippen LogP contribution in [-0.4, -0.2) is 62.1 Å². The molecule has 1 amide bonds. The lowest BCUT2D eigenvalue weighted by Gasteiger charge is -2.21. The topological polar surface area (TPSA) is 70.1 Å². The minimum Gasteiger partial charge on any atom is -0.361 e. The highest BCUT2D eigenvalue weighted by Crippen LogP contribution is 2.30. The zero-order valence-corrected chi connectivity index (χ0v) is 16.3. The molecule has 5 rings (SSSR count). The monoisotopic (exact) mass is 378 g/mol. The summed E-state index contributed by atoms with van der Waals surface area (Å²) < 4.78 is 2.26. The number of fused-ring (bicyclic) bond motifs is 2. The predicted molar refractivity (Wildman–Crippen MR) is 107 cm³/mol. The van der Waals surface area contributed by atoms with Gasteiger partial charge >= 0.3 is 0 Å². The molecule has 7 heteroatoms. The Morgan fingerprint density at radius 1 is 1.18 bits per heavy atom. The number of rotatable bonds is 3. The van der Waals surface area contributed by atoms with Gasteiger partial charge in [-0.2, -0.15) is 0 Å². The molecule has 1 atom stereocenters. The van der Waals surface area contributed by atoms with E-state index >= 15 is 0 Å². The van der Waals surface area contributed by atoms with Crippen LogP contribution in [0.1, 0.15) is 36.1 Å². The number of aromatic amines is 1. The van der Waals surface area contributed by atoms with Crippen LogP contribution >= 0.6 is 0 Å². The van der Waals surface area contributed by atoms with Gasteiger partial charge in [0, 0.05) is 43.2 Å². The molecular weight excluding hydrogens is 352 g/mol. The third kappa shape index (κ3) is 2.99. The van der Waals surface area contributed by atoms with Crippen molar-refractivity contribution < 1.29 is 4.79 Å². The summed E-state index contributed by atoms with van der Waals surface area (Å²) in [4.78, 5) is 20.6. The van der Waals surface area contributed by atoms with Gasteiger partial charge in [0.05, 0.1) is 12.5 Å². The number of H-pyrrole nitrogens is 1. The quantitative estimate of drug-likeness (QED) is 0.758. The van der Waals surface area contributed by atoms with E-state index in [-0.39, 0.29) is 5.91 Å². The number of para-hydroxylation sites is 1. The van der Waals surface area contributed by atoms with E-state index in [4.69, 9.17) is 0 Å². The molecule has 0 spiro atoms. The van der Waals surface area contributed by atoms with Crippen molar-refractivity contribution in [3.63, 3.8) is 0 Å². The Bertz CT molecular complexity index is 1010. The molecule has 0 radical (unpaired) electrons. The van der Waals surface area contributed by atoms with Gasteiger partial charge in [0.25, 0.3) is 0 Å². The van der Waals surface area contributed by atoms with Crippen molar-refractivity contribution in [2.24, 2.45) is 0 Å². The van der Waals surface area contributed by atoms with Gasteiger partial charge in [-0.15, -0.1) is 10.2 Å². The molecule has 2 aliphatic heterocycles. The number of aromatic nitrogens is 4. The fourth-order valence-corrected chi connectivity index (χ4v) is 4.63. The maximum absolute atomic E-state index is 13.0. The van der Waals surface area contributed by atoms with Gasteiger partial charge in [-0.05, 0) is 38.1 Å². The van der Waals surface area contributed by atoms with Gasteiger partial charge in [0.1, 0.15) is 11.6 Å². The van der Waals surface area contributed by atoms with Gasteiger partial charge in [-0.1, -0.05) is 18.2 Å². The molecule has 1 saturated heterocycles. The van der Waals surface area contributed by atoms with Crippen LogP contribution in [0.4, 0.5) is 0 Å². The Morgan fingerprint density at radius 2 is 2.07 bits per heavy atom. The first-order chi connectivity index (χ1) is 13.7. The highest BCUT2D eigenvalue weighted by atomic mass is 16.2. The third-order valence-electron chi connectivity index (χ3n) is 6.24. The highest BCUT2D eigenvalue weighted by molar-refractivity contribution is 5.88. The Kier molecular flexibility index (Phi) is 4.39. The SMILES string of the molecule is CN1CCCC1c1nnc2n1CCN(C(=O)Cc1c[nH]c3ccccc13)CC2. The van der Waals surface area contributed by atoms with Crippen LogP contribution in [0.2, 0.25) is 0 Å². The van der Waals surface area contributed by atoms with Crippen LogP contribution in [0.5, 0.6) is 0 Å². The Morgan fingerprint density at radius 3 is 2.93 bits per heavy atom. The molecule has 0 bridgehead atoms. The number of carbonyl (C=O) groups is 1. The van der Waals surface area contributed by atoms with E-state index < -0.39 is 0 Å². The molecule has 1 unspecified atom stereocenters. The van der Waals surface area contributed by atoms with E-state index in [1.165, 1.54) is 6.42 Å². The second-order valence-corrected chi connectivity index (χ2v) is 7.93. The maximum atomic E-state index is 13.0. The fourth-order valence-electron chi connectivity index (χ4n) is 4.63. The van der Waals surface area contributed by atoms with Crippen molar-refractivity contribution in [3.05, 3.63) is 47.7 Å². The molecule has 2 aliphatic rings. The zero-order chi connectivity index (χ0) is 19.1. The Hall–Kier alpha value is -2.67. The minimum atomic E-state index is 0.183. The van der Waals surface area contributed by atoms with E-state index in [0.717, 1.165) is 60.6 Å². The lowest BCUT2D eigenvalue weighted by Crippen LogP contribution is -2.35. The van der Waals surface area contributed by atoms with E-state index in [1.54, 1.807) is 0 Å². The van der Waals surface area contributed by atoms with Crippen LogP contribution in [0.3, 0.4) is 0 Å². The predicted octanol–water partition coefficient (Wildman–Crippen LogP) is 2.15. The lowest BCUT2D eigenvalue weighted by molar-refractivity contribution is -0.130. The smallest absolute Gasteiger partial charge is 0.227 e. The molecular formula is C21H26N6O. The van der Waals surface area contributed by atoms with Crippen molar-refractivity contribution in [2.45, 2.75) is 38.3 Å². The summed E-state index contributed by atoms with van der Waals surface area (Å²) in [7, 11) is 2.16. The summed E-state index contributed by atoms with van der Waals surface area (Å²) in [6, 6.07) is 8.50. The first kappa shape index (κ1) is 17.4. The van der Waals surface area contributed by atoms with Crippen molar-refractivity contribution in [1.29, 1.82) is 0 Å². The van der Waals surface area contributed by atoms with Crippen LogP contribution in [-0.2, 0) is 24.2 Å². The molecule has 146 valence electrons. The van der Waals surface area contributed by atoms with Crippen LogP contribution in [0.25, 0.3) is 10.9 Å². The summed E-state index contributed by atoms with van der Waals surface area (Å²) in [5, 5.41) is 10.1. The Labute approximate surface area is 164 Å². The number of likely N-dealkylation sites (tertiary alicyclic amines) is 1. The molecule has 28 heavy (non-hydrogen) atoms. The van der Waals surface area contributed by atoms with Crippen LogP contribution in [0, 0.1) is 0 Å². The number of nitrogens with one attached hydrogen (secondary N) is 1. The van der Waals surface area contributed by atoms with E-state index in [0.29, 0.717) is 19.0 Å². The van der Waals surface area contributed by atoms with E-state index in [2.05, 4.69) is 37.8 Å². The van der Waals surface area contributed by atoms with Gasteiger partial charge in [0.2, 0.25) is 5.91 Å². The number of hydrogen-bond acceptors (Lipinski definition) is 4. The molecule has 1 aromatic carbocycles. The van der Waals surface area contributed by atoms with Gasteiger partial charge in [0.15, 0.2) is 0 Å². The molecule has 3 aromatic rings. The van der Waals surface area contributed by atoms with Gasteiger partial charge in [-0.3, -0.25) is 9.69 Å². The largest absolute Gasteiger partial charge is 0.361 e. The molecule has 1 N–H and O–H groups in total. The van der Waals surface area contributed by atoms with Crippen molar-refractivity contribution in [1.82, 2.24) is 29.5 Å². The Balaban J connectivity index is 1.30. The van der Waals surface area contributed by atoms with Gasteiger partial charge < -0.3 is 14.5 Å². The van der Waals surface area contributed by atoms with E-state index in [9.17, 15) is 4.79 Å². The maximum Gasteiger partial charge on any atom is 0.227 e. The van der Waals surface area contributed by atoms with Crippen LogP contribution in [0.15, 0.2) is 30.5 Å². The first-order valence-electron chi connectivity index (χ1n) is 10.2. The molecule has 0 aliphatic carbocycles. The molecule has 2 aromatic heterocycles. The third-order valence-corrected chi connectivity index (χ3v) is 6.24. The lowest BCUT2D eigenvalue weighted by atomic mass is 10.1. The summed E-state index contributed by atoms with van der Waals surface area (Å²) in [5.74, 6) is 2.27. The van der Waals surface area contributed by atoms with E-state index in [1.807, 2.05) is 29.3 Å². The number of benzene rings is 1. The van der Waals surface area contributed by atoms with Crippen molar-refractivity contribution in [3.8, 4) is 0 Å². The zero-order valence-electron chi connectivity index (χ0n) is 16.3. The number of nitrogens with zero attached hydrogens (tertiary/aromatic N) is 5. The average molecular weight is 378 g/mol. The van der Waals surface area contributed by atoms with Crippen molar-refractivity contribution >= 4 is 16.8 Å². The normalized spacial score (nSPS) is 20.5. The molecule has 7 nitrogen and oxygen atoms in total. The minimum absolute atomic E-state index is 0.183. The standard InChI is InChI=1S/C21H26N6O/c1-25-9-4-7-18(25)21-24-23-19-8-10-26(11-12-27(19)21)20(28)13-15-14-22-17-6-3-2-5-16(15)17/h2-3,5-6,14,18,22H,4,7-13H2,1H3. The van der Waals surface area contributed by atoms with Gasteiger partial charge in [-0.25, -0.2) is 0 Å². The number of carbonyl (C=O) groups excluding carboxylic acids is 1. The summed E-state index contributed by atoms with van der Waals surface area (Å²) in [5.41, 5.74) is 2.15. The molecule has 0 saturated carbocycles. The second kappa shape index (κ2) is 7.05.